The van der Waals surface area contributed by atoms with E-state index in [9.17, 15) is 0 Å². The molecule has 328 valence electrons. The summed E-state index contributed by atoms with van der Waals surface area (Å²) in [6, 6.07) is 62.3. The number of aromatic nitrogens is 1. The number of nitrogens with zero attached hydrogens (tertiary/aromatic N) is 3. The average Bonchev–Trinajstić information content (AvgIpc) is 3.98. The molecule has 0 atom stereocenters. The Morgan fingerprint density at radius 1 is 0.463 bits per heavy atom. The predicted octanol–water partition coefficient (Wildman–Crippen LogP) is 17.0. The summed E-state index contributed by atoms with van der Waals surface area (Å²) in [5, 5.41) is 12.2. The lowest BCUT2D eigenvalue weighted by Crippen LogP contribution is -2.37. The third-order valence-electron chi connectivity index (χ3n) is 14.1. The van der Waals surface area contributed by atoms with Crippen molar-refractivity contribution in [3.05, 3.63) is 188 Å². The lowest BCUT2D eigenvalue weighted by molar-refractivity contribution is 0.669. The van der Waals surface area contributed by atoms with Crippen LogP contribution in [0.5, 0.6) is 0 Å². The molecule has 0 fully saturated rings. The van der Waals surface area contributed by atoms with Crippen molar-refractivity contribution in [2.75, 3.05) is 9.80 Å². The molecule has 0 radical (unpaired) electrons. The molecule has 0 spiro atoms. The van der Waals surface area contributed by atoms with Gasteiger partial charge in [0.25, 0.3) is 0 Å². The highest BCUT2D eigenvalue weighted by Gasteiger charge is 2.27. The van der Waals surface area contributed by atoms with Crippen molar-refractivity contribution in [1.82, 2.24) is 4.40 Å². The maximum absolute atomic E-state index is 8.40. The van der Waals surface area contributed by atoms with Crippen LogP contribution in [0.4, 0.5) is 34.1 Å². The number of rotatable bonds is 9. The topological polar surface area (TPSA) is 24.0 Å². The monoisotopic (exact) mass is 903 g/mol. The molecule has 12 aromatic rings. The van der Waals surface area contributed by atoms with Gasteiger partial charge in [-0.05, 0) is 119 Å². The summed E-state index contributed by atoms with van der Waals surface area (Å²) in [4.78, 5) is 4.65. The molecule has 12 rings (SSSR count). The van der Waals surface area contributed by atoms with Gasteiger partial charge in [0.05, 0.1) is 41.1 Å². The van der Waals surface area contributed by atoms with Crippen molar-refractivity contribution in [3.63, 3.8) is 0 Å². The first kappa shape index (κ1) is 39.1. The number of benzene rings is 9. The normalized spacial score (nSPS) is 13.0. The van der Waals surface area contributed by atoms with Gasteiger partial charge in [0, 0.05) is 66.8 Å². The lowest BCUT2D eigenvalue weighted by Gasteiger charge is -2.27. The smallest absolute Gasteiger partial charge is 0.137 e. The fourth-order valence-corrected chi connectivity index (χ4v) is 12.8. The van der Waals surface area contributed by atoms with Gasteiger partial charge in [-0.2, -0.15) is 0 Å². The number of furan rings is 1. The van der Waals surface area contributed by atoms with E-state index in [4.69, 9.17) is 7.16 Å². The largest absolute Gasteiger partial charge is 0.456 e. The van der Waals surface area contributed by atoms with Gasteiger partial charge >= 0.3 is 0 Å². The number of anilines is 6. The maximum Gasteiger partial charge on any atom is 0.137 e. The number of hydrogen-bond donors (Lipinski definition) is 0. The van der Waals surface area contributed by atoms with E-state index in [1.165, 1.54) is 59.4 Å². The summed E-state index contributed by atoms with van der Waals surface area (Å²) in [5.41, 5.74) is 12.9. The zero-order valence-corrected chi connectivity index (χ0v) is 41.5. The van der Waals surface area contributed by atoms with Gasteiger partial charge in [0.2, 0.25) is 0 Å². The fraction of sp³-hybridized carbons (Fsp3) is 0.148. The van der Waals surface area contributed by atoms with Crippen molar-refractivity contribution in [2.24, 2.45) is 0 Å². The SMILES string of the molecule is [2H]c1ccc(N(c2ccc([Si](C)(C)C)cc2)c2ccc3c(c2)oc2cc4ccc5c(c4cc23)c2ccc(N(c3ccc([2H])cc3)c3ccc([Si](C)(C)C)cc3)c3c4cc(C(C)C)ccc4n5c23)cc1. The summed E-state index contributed by atoms with van der Waals surface area (Å²) in [6.45, 7) is 18.9. The van der Waals surface area contributed by atoms with Crippen molar-refractivity contribution in [2.45, 2.75) is 59.0 Å². The molecule has 3 aromatic heterocycles. The lowest BCUT2D eigenvalue weighted by atomic mass is 9.97. The van der Waals surface area contributed by atoms with Crippen molar-refractivity contribution < 1.29 is 7.16 Å². The molecular weight excluding hydrogens is 847 g/mol. The second-order valence-corrected chi connectivity index (χ2v) is 30.9. The van der Waals surface area contributed by atoms with Gasteiger partial charge in [0.15, 0.2) is 0 Å². The van der Waals surface area contributed by atoms with Gasteiger partial charge < -0.3 is 18.6 Å². The Kier molecular flexibility index (Phi) is 8.87. The van der Waals surface area contributed by atoms with E-state index in [1.54, 1.807) is 0 Å². The Morgan fingerprint density at radius 3 is 1.64 bits per heavy atom. The van der Waals surface area contributed by atoms with E-state index < -0.39 is 16.1 Å². The van der Waals surface area contributed by atoms with Crippen LogP contribution in [0.25, 0.3) is 70.8 Å². The van der Waals surface area contributed by atoms with E-state index in [0.717, 1.165) is 61.4 Å². The highest BCUT2D eigenvalue weighted by atomic mass is 28.3. The van der Waals surface area contributed by atoms with Gasteiger partial charge in [-0.25, -0.2) is 0 Å². The molecule has 9 aromatic carbocycles. The molecule has 0 aliphatic heterocycles. The second kappa shape index (κ2) is 15.2. The third-order valence-corrected chi connectivity index (χ3v) is 18.2. The van der Waals surface area contributed by atoms with Crippen LogP contribution in [0.3, 0.4) is 0 Å². The Bertz CT molecular complexity index is 3960. The van der Waals surface area contributed by atoms with Crippen molar-refractivity contribution in [3.8, 4) is 0 Å². The fourth-order valence-electron chi connectivity index (χ4n) is 10.5. The zero-order valence-electron chi connectivity index (χ0n) is 41.5. The summed E-state index contributed by atoms with van der Waals surface area (Å²) in [7, 11) is -3.03. The highest BCUT2D eigenvalue weighted by molar-refractivity contribution is 6.89. The van der Waals surface area contributed by atoms with Gasteiger partial charge in [-0.3, -0.25) is 0 Å². The molecule has 0 amide bonds. The van der Waals surface area contributed by atoms with Crippen molar-refractivity contribution >= 4 is 131 Å². The Labute approximate surface area is 397 Å². The molecular formula is C61H55N3OSi2. The number of fused-ring (bicyclic) bond motifs is 11. The molecule has 6 heteroatoms. The van der Waals surface area contributed by atoms with Crippen LogP contribution in [-0.4, -0.2) is 20.5 Å². The highest BCUT2D eigenvalue weighted by Crippen LogP contribution is 2.49. The second-order valence-electron chi connectivity index (χ2n) is 20.7. The van der Waals surface area contributed by atoms with E-state index in [0.29, 0.717) is 18.0 Å². The number of para-hydroxylation sites is 2. The molecule has 0 saturated carbocycles. The standard InChI is InChI=1S/C61H55N3OSi2/c1-39(2)40-19-32-54-53(35-40)60-56(63(43-17-13-10-14-18-43)45-23-28-48(29-24-45)67(6,7)8)34-31-50-59-51-38-52-49-30-25-46(37-58(49)65-57(52)36-41(51)20-33-55(59)64(54)61(50)60)62(42-15-11-9-12-16-42)44-21-26-47(27-22-44)66(3,4)5/h9-39H,1-8H3/i9D,10D. The summed E-state index contributed by atoms with van der Waals surface area (Å²) in [5.74, 6) is 0.372. The van der Waals surface area contributed by atoms with Gasteiger partial charge in [-0.15, -0.1) is 0 Å². The Balaban J connectivity index is 1.07. The number of hydrogen-bond acceptors (Lipinski definition) is 3. The van der Waals surface area contributed by atoms with E-state index in [-0.39, 0.29) is 0 Å². The molecule has 0 unspecified atom stereocenters. The van der Waals surface area contributed by atoms with Crippen LogP contribution < -0.4 is 20.2 Å². The Hall–Kier alpha value is -7.13. The zero-order chi connectivity index (χ0) is 47.7. The molecule has 0 N–H and O–H groups in total. The predicted molar refractivity (Wildman–Crippen MR) is 295 cm³/mol. The van der Waals surface area contributed by atoms with Crippen LogP contribution in [0, 0.1) is 0 Å². The molecule has 3 heterocycles. The first-order chi connectivity index (χ1) is 33.1. The van der Waals surface area contributed by atoms with Crippen LogP contribution in [0.2, 0.25) is 39.3 Å². The molecule has 0 aliphatic rings. The molecule has 0 bridgehead atoms. The quantitative estimate of drug-likeness (QED) is 0.135. The summed E-state index contributed by atoms with van der Waals surface area (Å²) >= 11 is 0. The summed E-state index contributed by atoms with van der Waals surface area (Å²) in [6.07, 6.45) is 0. The van der Waals surface area contributed by atoms with Crippen LogP contribution >= 0.6 is 0 Å². The van der Waals surface area contributed by atoms with Crippen molar-refractivity contribution in [1.29, 1.82) is 0 Å². The van der Waals surface area contributed by atoms with Gasteiger partial charge in [-0.1, -0.05) is 142 Å². The molecule has 4 nitrogen and oxygen atoms in total. The van der Waals surface area contributed by atoms with Crippen LogP contribution in [-0.2, 0) is 0 Å². The first-order valence-electron chi connectivity index (χ1n) is 24.6. The average molecular weight is 904 g/mol. The minimum absolute atomic E-state index is 0.372. The summed E-state index contributed by atoms with van der Waals surface area (Å²) < 4.78 is 25.9. The van der Waals surface area contributed by atoms with E-state index in [1.807, 2.05) is 36.4 Å². The van der Waals surface area contributed by atoms with E-state index >= 15 is 0 Å². The minimum Gasteiger partial charge on any atom is -0.456 e. The minimum atomic E-state index is -1.54. The first-order valence-corrected chi connectivity index (χ1v) is 30.6. The molecule has 0 aliphatic carbocycles. The molecule has 0 saturated heterocycles. The third kappa shape index (κ3) is 6.68. The maximum atomic E-state index is 8.40. The Morgan fingerprint density at radius 2 is 1.01 bits per heavy atom. The van der Waals surface area contributed by atoms with Crippen LogP contribution in [0.1, 0.15) is 28.1 Å². The van der Waals surface area contributed by atoms with E-state index in [2.05, 4.69) is 201 Å². The van der Waals surface area contributed by atoms with Gasteiger partial charge in [0.1, 0.15) is 11.2 Å². The van der Waals surface area contributed by atoms with Crippen LogP contribution in [0.15, 0.2) is 186 Å². The molecule has 67 heavy (non-hydrogen) atoms.